The van der Waals surface area contributed by atoms with Crippen molar-refractivity contribution in [3.05, 3.63) is 64.1 Å². The molecule has 0 unspecified atom stereocenters. The molecule has 1 N–H and O–H groups in total. The van der Waals surface area contributed by atoms with Crippen LogP contribution in [0.15, 0.2) is 52.9 Å². The van der Waals surface area contributed by atoms with Gasteiger partial charge in [-0.05, 0) is 42.6 Å². The maximum atomic E-state index is 13.8. The van der Waals surface area contributed by atoms with E-state index in [2.05, 4.69) is 10.1 Å². The first-order valence-corrected chi connectivity index (χ1v) is 11.8. The summed E-state index contributed by atoms with van der Waals surface area (Å²) in [5, 5.41) is 16.4. The molecular formula is C21H20N4O5S2. The predicted octanol–water partition coefficient (Wildman–Crippen LogP) is 3.44. The minimum atomic E-state index is -4.15. The van der Waals surface area contributed by atoms with Gasteiger partial charge in [-0.2, -0.15) is 5.10 Å². The molecule has 4 rings (SSSR count). The number of benzene rings is 1. The first-order chi connectivity index (χ1) is 15.2. The van der Waals surface area contributed by atoms with E-state index in [0.29, 0.717) is 22.5 Å². The summed E-state index contributed by atoms with van der Waals surface area (Å²) in [6.07, 6.45) is 1.17. The van der Waals surface area contributed by atoms with Crippen molar-refractivity contribution in [3.8, 4) is 5.75 Å². The number of fused-ring (bicyclic) bond motifs is 1. The van der Waals surface area contributed by atoms with Crippen LogP contribution in [-0.2, 0) is 23.6 Å². The molecule has 32 heavy (non-hydrogen) atoms. The molecule has 0 aliphatic rings. The minimum Gasteiger partial charge on any atom is -0.497 e. The molecule has 0 amide bonds. The van der Waals surface area contributed by atoms with Crippen molar-refractivity contribution >= 4 is 44.1 Å². The van der Waals surface area contributed by atoms with Gasteiger partial charge in [-0.25, -0.2) is 18.2 Å². The van der Waals surface area contributed by atoms with E-state index in [1.165, 1.54) is 41.5 Å². The molecule has 166 valence electrons. The van der Waals surface area contributed by atoms with E-state index in [1.807, 2.05) is 11.4 Å². The van der Waals surface area contributed by atoms with Gasteiger partial charge in [-0.3, -0.25) is 8.99 Å². The molecule has 0 saturated carbocycles. The third-order valence-electron chi connectivity index (χ3n) is 5.01. The van der Waals surface area contributed by atoms with Crippen molar-refractivity contribution < 1.29 is 23.1 Å². The Morgan fingerprint density at radius 3 is 2.56 bits per heavy atom. The van der Waals surface area contributed by atoms with Gasteiger partial charge in [0.05, 0.1) is 35.3 Å². The number of methoxy groups -OCH3 is 1. The van der Waals surface area contributed by atoms with E-state index in [1.54, 1.807) is 32.2 Å². The van der Waals surface area contributed by atoms with Crippen molar-refractivity contribution in [1.29, 1.82) is 0 Å². The smallest absolute Gasteiger partial charge is 0.339 e. The van der Waals surface area contributed by atoms with Crippen molar-refractivity contribution in [2.24, 2.45) is 7.05 Å². The van der Waals surface area contributed by atoms with Crippen LogP contribution in [0.1, 0.15) is 20.9 Å². The lowest BCUT2D eigenvalue weighted by Crippen LogP contribution is -2.32. The Hall–Kier alpha value is -3.44. The van der Waals surface area contributed by atoms with E-state index >= 15 is 0 Å². The number of carbonyl (C=O) groups is 1. The van der Waals surface area contributed by atoms with Crippen LogP contribution in [-0.4, -0.2) is 41.4 Å². The number of hydrogen-bond acceptors (Lipinski definition) is 7. The summed E-state index contributed by atoms with van der Waals surface area (Å²) in [6.45, 7) is 1.65. The number of carboxylic acid groups (broad SMARTS) is 1. The Balaban J connectivity index is 2.02. The zero-order valence-corrected chi connectivity index (χ0v) is 19.1. The molecule has 0 aliphatic heterocycles. The number of anilines is 1. The lowest BCUT2D eigenvalue weighted by Gasteiger charge is -2.26. The van der Waals surface area contributed by atoms with Crippen LogP contribution in [0.25, 0.3) is 11.0 Å². The second-order valence-electron chi connectivity index (χ2n) is 7.00. The van der Waals surface area contributed by atoms with Crippen LogP contribution < -0.4 is 9.04 Å². The van der Waals surface area contributed by atoms with Gasteiger partial charge in [-0.1, -0.05) is 6.07 Å². The number of aryl methyl sites for hydroxylation is 2. The number of pyridine rings is 1. The summed E-state index contributed by atoms with van der Waals surface area (Å²) >= 11 is 1.38. The number of carboxylic acids is 1. The summed E-state index contributed by atoms with van der Waals surface area (Å²) in [4.78, 5) is 17.1. The minimum absolute atomic E-state index is 0.0118. The third kappa shape index (κ3) is 3.69. The topological polar surface area (TPSA) is 115 Å². The van der Waals surface area contributed by atoms with Gasteiger partial charge in [0, 0.05) is 18.1 Å². The molecule has 0 aliphatic carbocycles. The first kappa shape index (κ1) is 21.8. The standard InChI is InChI=1S/C21H20N4O5S2/c1-13-18-19(17(21(26)27)11-22-20(18)24(2)23-13)25(12-15-5-4-10-31-15)32(28,29)16-8-6-14(30-3)7-9-16/h4-11H,12H2,1-3H3,(H,26,27). The SMILES string of the molecule is COc1ccc(S(=O)(=O)N(Cc2cccs2)c2c(C(=O)O)cnc3c2c(C)nn3C)cc1. The normalized spacial score (nSPS) is 11.6. The van der Waals surface area contributed by atoms with Crippen molar-refractivity contribution in [2.45, 2.75) is 18.4 Å². The number of aromatic carboxylic acids is 1. The molecule has 3 heterocycles. The van der Waals surface area contributed by atoms with Crippen LogP contribution in [0, 0.1) is 6.92 Å². The average Bonchev–Trinajstić information content (AvgIpc) is 3.39. The van der Waals surface area contributed by atoms with Gasteiger partial charge < -0.3 is 9.84 Å². The van der Waals surface area contributed by atoms with Crippen LogP contribution in [0.5, 0.6) is 5.75 Å². The van der Waals surface area contributed by atoms with Gasteiger partial charge in [0.25, 0.3) is 10.0 Å². The molecule has 4 aromatic rings. The summed E-state index contributed by atoms with van der Waals surface area (Å²) < 4.78 is 35.5. The van der Waals surface area contributed by atoms with Crippen LogP contribution in [0.4, 0.5) is 5.69 Å². The highest BCUT2D eigenvalue weighted by atomic mass is 32.2. The Kier molecular flexibility index (Phi) is 5.61. The highest BCUT2D eigenvalue weighted by molar-refractivity contribution is 7.92. The Bertz CT molecular complexity index is 1390. The highest BCUT2D eigenvalue weighted by Gasteiger charge is 2.32. The van der Waals surface area contributed by atoms with Crippen molar-refractivity contribution in [2.75, 3.05) is 11.4 Å². The van der Waals surface area contributed by atoms with Crippen LogP contribution >= 0.6 is 11.3 Å². The average molecular weight is 473 g/mol. The van der Waals surface area contributed by atoms with E-state index in [9.17, 15) is 18.3 Å². The molecule has 11 heteroatoms. The first-order valence-electron chi connectivity index (χ1n) is 9.48. The molecule has 0 fully saturated rings. The number of rotatable bonds is 7. The zero-order valence-electron chi connectivity index (χ0n) is 17.5. The zero-order chi connectivity index (χ0) is 23.0. The molecule has 0 bridgehead atoms. The number of aromatic nitrogens is 3. The summed E-state index contributed by atoms with van der Waals surface area (Å²) in [5.74, 6) is -0.770. The Labute approximate surface area is 188 Å². The number of sulfonamides is 1. The molecule has 0 saturated heterocycles. The molecule has 0 spiro atoms. The van der Waals surface area contributed by atoms with E-state index in [0.717, 1.165) is 9.18 Å². The second-order valence-corrected chi connectivity index (χ2v) is 9.89. The van der Waals surface area contributed by atoms with Gasteiger partial charge in [0.15, 0.2) is 5.65 Å². The molecular weight excluding hydrogens is 452 g/mol. The number of nitrogens with zero attached hydrogens (tertiary/aromatic N) is 4. The summed E-state index contributed by atoms with van der Waals surface area (Å²) in [6, 6.07) is 9.58. The molecule has 9 nitrogen and oxygen atoms in total. The van der Waals surface area contributed by atoms with Gasteiger partial charge in [-0.15, -0.1) is 11.3 Å². The lowest BCUT2D eigenvalue weighted by molar-refractivity contribution is 0.0697. The molecule has 0 radical (unpaired) electrons. The van der Waals surface area contributed by atoms with E-state index in [4.69, 9.17) is 4.74 Å². The summed E-state index contributed by atoms with van der Waals surface area (Å²) in [5.41, 5.74) is 0.692. The highest BCUT2D eigenvalue weighted by Crippen LogP contribution is 2.37. The van der Waals surface area contributed by atoms with Gasteiger partial charge in [0.2, 0.25) is 0 Å². The van der Waals surface area contributed by atoms with Crippen molar-refractivity contribution in [1.82, 2.24) is 14.8 Å². The maximum Gasteiger partial charge on any atom is 0.339 e. The largest absolute Gasteiger partial charge is 0.497 e. The van der Waals surface area contributed by atoms with Crippen LogP contribution in [0.2, 0.25) is 0 Å². The molecule has 0 atom stereocenters. The van der Waals surface area contributed by atoms with Gasteiger partial charge in [0.1, 0.15) is 11.3 Å². The fourth-order valence-corrected chi connectivity index (χ4v) is 5.76. The quantitative estimate of drug-likeness (QED) is 0.438. The van der Waals surface area contributed by atoms with Gasteiger partial charge >= 0.3 is 5.97 Å². The molecule has 1 aromatic carbocycles. The second kappa shape index (κ2) is 8.24. The van der Waals surface area contributed by atoms with Crippen molar-refractivity contribution in [3.63, 3.8) is 0 Å². The van der Waals surface area contributed by atoms with E-state index < -0.39 is 16.0 Å². The fraction of sp³-hybridized carbons (Fsp3) is 0.190. The maximum absolute atomic E-state index is 13.8. The monoisotopic (exact) mass is 472 g/mol. The summed E-state index contributed by atoms with van der Waals surface area (Å²) in [7, 11) is -0.988. The number of hydrogen-bond donors (Lipinski definition) is 1. The molecule has 3 aromatic heterocycles. The Morgan fingerprint density at radius 2 is 1.97 bits per heavy atom. The fourth-order valence-electron chi connectivity index (χ4n) is 3.51. The number of ether oxygens (including phenoxy) is 1. The Morgan fingerprint density at radius 1 is 1.25 bits per heavy atom. The van der Waals surface area contributed by atoms with E-state index in [-0.39, 0.29) is 22.7 Å². The number of thiophene rings is 1. The van der Waals surface area contributed by atoms with Crippen LogP contribution in [0.3, 0.4) is 0 Å². The predicted molar refractivity (Wildman–Crippen MR) is 121 cm³/mol. The lowest BCUT2D eigenvalue weighted by atomic mass is 10.1. The third-order valence-corrected chi connectivity index (χ3v) is 7.63.